The van der Waals surface area contributed by atoms with E-state index in [1.807, 2.05) is 18.2 Å². The Labute approximate surface area is 119 Å². The van der Waals surface area contributed by atoms with Gasteiger partial charge in [-0.25, -0.2) is 4.68 Å². The number of aromatic nitrogens is 4. The molecular weight excluding hydrogens is 310 g/mol. The first-order valence-electron chi connectivity index (χ1n) is 6.18. The second kappa shape index (κ2) is 5.26. The van der Waals surface area contributed by atoms with E-state index in [-0.39, 0.29) is 6.10 Å². The molecule has 1 aromatic heterocycles. The molecule has 1 fully saturated rings. The van der Waals surface area contributed by atoms with Gasteiger partial charge in [-0.2, -0.15) is 0 Å². The average molecular weight is 324 g/mol. The number of nitrogen functional groups attached to an aromatic ring is 1. The maximum atomic E-state index is 5.89. The number of hydrogen-bond acceptors (Lipinski definition) is 5. The summed E-state index contributed by atoms with van der Waals surface area (Å²) in [7, 11) is 0. The zero-order valence-corrected chi connectivity index (χ0v) is 11.9. The van der Waals surface area contributed by atoms with Gasteiger partial charge in [0.2, 0.25) is 0 Å². The molecule has 19 heavy (non-hydrogen) atoms. The Morgan fingerprint density at radius 1 is 1.47 bits per heavy atom. The van der Waals surface area contributed by atoms with Gasteiger partial charge in [-0.05, 0) is 51.3 Å². The third-order valence-electron chi connectivity index (χ3n) is 3.20. The summed E-state index contributed by atoms with van der Waals surface area (Å²) in [6.07, 6.45) is 2.35. The molecule has 1 saturated heterocycles. The van der Waals surface area contributed by atoms with Crippen LogP contribution in [0.2, 0.25) is 0 Å². The molecule has 0 spiro atoms. The van der Waals surface area contributed by atoms with Crippen molar-refractivity contribution in [2.45, 2.75) is 25.5 Å². The number of hydrogen-bond donors (Lipinski definition) is 1. The minimum Gasteiger partial charge on any atom is -0.398 e. The highest BCUT2D eigenvalue weighted by molar-refractivity contribution is 9.10. The van der Waals surface area contributed by atoms with E-state index in [2.05, 4.69) is 31.5 Å². The van der Waals surface area contributed by atoms with Crippen LogP contribution in [0, 0.1) is 0 Å². The van der Waals surface area contributed by atoms with Gasteiger partial charge in [0, 0.05) is 17.9 Å². The van der Waals surface area contributed by atoms with Crippen LogP contribution in [0.4, 0.5) is 5.69 Å². The molecule has 1 aromatic carbocycles. The number of benzene rings is 1. The number of anilines is 1. The van der Waals surface area contributed by atoms with Crippen LogP contribution in [-0.4, -0.2) is 32.9 Å². The summed E-state index contributed by atoms with van der Waals surface area (Å²) in [5, 5.41) is 11.9. The van der Waals surface area contributed by atoms with Crippen molar-refractivity contribution in [2.75, 3.05) is 12.3 Å². The standard InChI is InChI=1S/C12H14BrN5O/c13-11-9(4-1-5-10(11)14)12-15-16-17-18(12)7-8-3-2-6-19-8/h1,4-5,8H,2-3,6-7,14H2. The molecule has 2 aromatic rings. The lowest BCUT2D eigenvalue weighted by molar-refractivity contribution is 0.0939. The first-order chi connectivity index (χ1) is 9.25. The summed E-state index contributed by atoms with van der Waals surface area (Å²) in [6, 6.07) is 5.67. The molecule has 100 valence electrons. The molecule has 1 unspecified atom stereocenters. The van der Waals surface area contributed by atoms with E-state index in [1.54, 1.807) is 4.68 Å². The third-order valence-corrected chi connectivity index (χ3v) is 4.09. The first kappa shape index (κ1) is 12.6. The minimum absolute atomic E-state index is 0.196. The van der Waals surface area contributed by atoms with Crippen LogP contribution in [0.1, 0.15) is 12.8 Å². The molecule has 2 N–H and O–H groups in total. The Morgan fingerprint density at radius 2 is 2.37 bits per heavy atom. The summed E-state index contributed by atoms with van der Waals surface area (Å²) < 4.78 is 8.21. The molecule has 0 radical (unpaired) electrons. The first-order valence-corrected chi connectivity index (χ1v) is 6.97. The van der Waals surface area contributed by atoms with Gasteiger partial charge >= 0.3 is 0 Å². The fourth-order valence-electron chi connectivity index (χ4n) is 2.22. The van der Waals surface area contributed by atoms with Crippen LogP contribution in [0.25, 0.3) is 11.4 Å². The molecule has 7 heteroatoms. The Bertz CT molecular complexity index is 579. The predicted molar refractivity (Wildman–Crippen MR) is 74.3 cm³/mol. The highest BCUT2D eigenvalue weighted by Crippen LogP contribution is 2.31. The largest absolute Gasteiger partial charge is 0.398 e. The van der Waals surface area contributed by atoms with Gasteiger partial charge in [0.25, 0.3) is 0 Å². The van der Waals surface area contributed by atoms with Crippen molar-refractivity contribution in [3.05, 3.63) is 22.7 Å². The number of rotatable bonds is 3. The molecular formula is C12H14BrN5O. The lowest BCUT2D eigenvalue weighted by Crippen LogP contribution is -2.17. The van der Waals surface area contributed by atoms with Gasteiger partial charge < -0.3 is 10.5 Å². The fourth-order valence-corrected chi connectivity index (χ4v) is 2.67. The molecule has 6 nitrogen and oxygen atoms in total. The van der Waals surface area contributed by atoms with Crippen molar-refractivity contribution in [2.24, 2.45) is 0 Å². The number of tetrazole rings is 1. The van der Waals surface area contributed by atoms with E-state index in [1.165, 1.54) is 0 Å². The van der Waals surface area contributed by atoms with E-state index in [0.29, 0.717) is 18.1 Å². The molecule has 3 rings (SSSR count). The van der Waals surface area contributed by atoms with E-state index in [0.717, 1.165) is 29.5 Å². The lowest BCUT2D eigenvalue weighted by atomic mass is 10.2. The predicted octanol–water partition coefficient (Wildman–Crippen LogP) is 1.86. The van der Waals surface area contributed by atoms with Gasteiger partial charge in [0.15, 0.2) is 5.82 Å². The summed E-state index contributed by atoms with van der Waals surface area (Å²) in [6.45, 7) is 1.49. The van der Waals surface area contributed by atoms with Crippen molar-refractivity contribution in [1.82, 2.24) is 20.2 Å². The minimum atomic E-state index is 0.196. The van der Waals surface area contributed by atoms with Gasteiger partial charge in [-0.3, -0.25) is 0 Å². The fraction of sp³-hybridized carbons (Fsp3) is 0.417. The molecule has 1 aliphatic heterocycles. The van der Waals surface area contributed by atoms with E-state index >= 15 is 0 Å². The van der Waals surface area contributed by atoms with Crippen molar-refractivity contribution < 1.29 is 4.74 Å². The normalized spacial score (nSPS) is 18.9. The van der Waals surface area contributed by atoms with Crippen molar-refractivity contribution in [3.63, 3.8) is 0 Å². The number of nitrogens with zero attached hydrogens (tertiary/aromatic N) is 4. The number of ether oxygens (including phenoxy) is 1. The quantitative estimate of drug-likeness (QED) is 0.872. The number of halogens is 1. The Kier molecular flexibility index (Phi) is 3.48. The van der Waals surface area contributed by atoms with E-state index < -0.39 is 0 Å². The topological polar surface area (TPSA) is 78.9 Å². The maximum absolute atomic E-state index is 5.89. The molecule has 0 bridgehead atoms. The second-order valence-electron chi connectivity index (χ2n) is 4.53. The van der Waals surface area contributed by atoms with Gasteiger partial charge in [0.1, 0.15) is 0 Å². The molecule has 1 atom stereocenters. The second-order valence-corrected chi connectivity index (χ2v) is 5.32. The van der Waals surface area contributed by atoms with E-state index in [4.69, 9.17) is 10.5 Å². The Balaban J connectivity index is 1.92. The zero-order chi connectivity index (χ0) is 13.2. The van der Waals surface area contributed by atoms with Gasteiger partial charge in [-0.1, -0.05) is 6.07 Å². The highest BCUT2D eigenvalue weighted by atomic mass is 79.9. The zero-order valence-electron chi connectivity index (χ0n) is 10.3. The monoisotopic (exact) mass is 323 g/mol. The Morgan fingerprint density at radius 3 is 3.16 bits per heavy atom. The van der Waals surface area contributed by atoms with Crippen LogP contribution in [0.15, 0.2) is 22.7 Å². The molecule has 1 aliphatic rings. The molecule has 0 aliphatic carbocycles. The van der Waals surface area contributed by atoms with Crippen LogP contribution >= 0.6 is 15.9 Å². The van der Waals surface area contributed by atoms with Crippen LogP contribution < -0.4 is 5.73 Å². The van der Waals surface area contributed by atoms with Crippen LogP contribution in [0.5, 0.6) is 0 Å². The van der Waals surface area contributed by atoms with Gasteiger partial charge in [0.05, 0.1) is 17.1 Å². The average Bonchev–Trinajstić information content (AvgIpc) is 3.05. The number of nitrogens with two attached hydrogens (primary N) is 1. The van der Waals surface area contributed by atoms with E-state index in [9.17, 15) is 0 Å². The summed E-state index contributed by atoms with van der Waals surface area (Å²) in [4.78, 5) is 0. The summed E-state index contributed by atoms with van der Waals surface area (Å²) >= 11 is 3.48. The van der Waals surface area contributed by atoms with Crippen molar-refractivity contribution >= 4 is 21.6 Å². The van der Waals surface area contributed by atoms with Crippen LogP contribution in [-0.2, 0) is 11.3 Å². The lowest BCUT2D eigenvalue weighted by Gasteiger charge is -2.11. The maximum Gasteiger partial charge on any atom is 0.183 e. The Hall–Kier alpha value is -1.47. The SMILES string of the molecule is Nc1cccc(-c2nnnn2CC2CCCO2)c1Br. The highest BCUT2D eigenvalue weighted by Gasteiger charge is 2.20. The molecule has 0 saturated carbocycles. The molecule has 2 heterocycles. The van der Waals surface area contributed by atoms with Crippen LogP contribution in [0.3, 0.4) is 0 Å². The smallest absolute Gasteiger partial charge is 0.183 e. The molecule has 0 amide bonds. The summed E-state index contributed by atoms with van der Waals surface area (Å²) in [5.41, 5.74) is 7.45. The van der Waals surface area contributed by atoms with Gasteiger partial charge in [-0.15, -0.1) is 5.10 Å². The summed E-state index contributed by atoms with van der Waals surface area (Å²) in [5.74, 6) is 0.703. The van der Waals surface area contributed by atoms with Crippen molar-refractivity contribution in [3.8, 4) is 11.4 Å². The van der Waals surface area contributed by atoms with Crippen molar-refractivity contribution in [1.29, 1.82) is 0 Å². The third kappa shape index (κ3) is 2.48.